The zero-order valence-electron chi connectivity index (χ0n) is 20.7. The molecule has 4 rings (SSSR count). The maximum Gasteiger partial charge on any atom is 0.407 e. The number of fused-ring (bicyclic) bond motifs is 3. The third-order valence-electron chi connectivity index (χ3n) is 7.31. The summed E-state index contributed by atoms with van der Waals surface area (Å²) < 4.78 is 5.64. The summed E-state index contributed by atoms with van der Waals surface area (Å²) in [6, 6.07) is 16.4. The van der Waals surface area contributed by atoms with Crippen molar-refractivity contribution in [2.45, 2.75) is 57.9 Å². The number of ether oxygens (including phenoxy) is 1. The van der Waals surface area contributed by atoms with Crippen LogP contribution < -0.4 is 5.32 Å². The van der Waals surface area contributed by atoms with Crippen LogP contribution >= 0.6 is 0 Å². The largest absolute Gasteiger partial charge is 0.481 e. The second-order valence-corrected chi connectivity index (χ2v) is 10.6. The van der Waals surface area contributed by atoms with E-state index in [2.05, 4.69) is 29.6 Å². The first-order valence-corrected chi connectivity index (χ1v) is 12.2. The molecular weight excluding hydrogens is 444 g/mol. The number of carboxylic acid groups (broad SMARTS) is 1. The molecule has 186 valence electrons. The number of rotatable bonds is 7. The lowest BCUT2D eigenvalue weighted by molar-refractivity contribution is -0.153. The summed E-state index contributed by atoms with van der Waals surface area (Å²) in [5, 5.41) is 12.4. The van der Waals surface area contributed by atoms with Gasteiger partial charge in [0.05, 0.1) is 5.41 Å². The Bertz CT molecular complexity index is 1080. The van der Waals surface area contributed by atoms with E-state index in [1.165, 1.54) is 11.1 Å². The quantitative estimate of drug-likeness (QED) is 0.596. The Morgan fingerprint density at radius 1 is 1.09 bits per heavy atom. The van der Waals surface area contributed by atoms with Gasteiger partial charge < -0.3 is 20.1 Å². The SMILES string of the molecule is CC(C)(CCC(=O)N1CCCC(C)(C(=O)O)C1)NC(=O)OCC1c2ccccc2-c2ccccc21. The van der Waals surface area contributed by atoms with Gasteiger partial charge in [-0.1, -0.05) is 48.5 Å². The Balaban J connectivity index is 1.30. The van der Waals surface area contributed by atoms with E-state index in [9.17, 15) is 19.5 Å². The lowest BCUT2D eigenvalue weighted by atomic mass is 9.82. The average molecular weight is 479 g/mol. The summed E-state index contributed by atoms with van der Waals surface area (Å²) in [5.74, 6) is -0.965. The van der Waals surface area contributed by atoms with Crippen molar-refractivity contribution < 1.29 is 24.2 Å². The van der Waals surface area contributed by atoms with E-state index in [-0.39, 0.29) is 31.4 Å². The van der Waals surface area contributed by atoms with Crippen LogP contribution in [-0.4, -0.2) is 53.2 Å². The second kappa shape index (κ2) is 9.72. The first-order valence-electron chi connectivity index (χ1n) is 12.2. The fraction of sp³-hybridized carbons (Fsp3) is 0.464. The van der Waals surface area contributed by atoms with Gasteiger partial charge in [0, 0.05) is 31.0 Å². The van der Waals surface area contributed by atoms with Crippen LogP contribution in [0.5, 0.6) is 0 Å². The van der Waals surface area contributed by atoms with Gasteiger partial charge in [-0.25, -0.2) is 4.79 Å². The molecular formula is C28H34N2O5. The summed E-state index contributed by atoms with van der Waals surface area (Å²) >= 11 is 0. The molecule has 2 N–H and O–H groups in total. The number of carboxylic acids is 1. The van der Waals surface area contributed by atoms with E-state index in [0.29, 0.717) is 25.8 Å². The number of hydrogen-bond donors (Lipinski definition) is 2. The highest BCUT2D eigenvalue weighted by Crippen LogP contribution is 2.44. The van der Waals surface area contributed by atoms with Gasteiger partial charge in [0.2, 0.25) is 5.91 Å². The topological polar surface area (TPSA) is 95.9 Å². The maximum atomic E-state index is 12.8. The summed E-state index contributed by atoms with van der Waals surface area (Å²) in [6.45, 7) is 6.44. The molecule has 0 aromatic heterocycles. The van der Waals surface area contributed by atoms with Crippen molar-refractivity contribution in [2.24, 2.45) is 5.41 Å². The highest BCUT2D eigenvalue weighted by Gasteiger charge is 2.39. The van der Waals surface area contributed by atoms with Gasteiger partial charge in [0.25, 0.3) is 0 Å². The smallest absolute Gasteiger partial charge is 0.407 e. The number of likely N-dealkylation sites (tertiary alicyclic amines) is 1. The number of piperidine rings is 1. The summed E-state index contributed by atoms with van der Waals surface area (Å²) in [6.07, 6.45) is 1.39. The number of aliphatic carboxylic acids is 1. The van der Waals surface area contributed by atoms with Crippen LogP contribution in [0.2, 0.25) is 0 Å². The number of benzene rings is 2. The lowest BCUT2D eigenvalue weighted by Gasteiger charge is -2.38. The van der Waals surface area contributed by atoms with Crippen molar-refractivity contribution >= 4 is 18.0 Å². The van der Waals surface area contributed by atoms with Crippen molar-refractivity contribution in [3.63, 3.8) is 0 Å². The van der Waals surface area contributed by atoms with Gasteiger partial charge in [0.15, 0.2) is 0 Å². The van der Waals surface area contributed by atoms with Crippen LogP contribution in [0.4, 0.5) is 4.79 Å². The van der Waals surface area contributed by atoms with Crippen molar-refractivity contribution in [3.8, 4) is 11.1 Å². The van der Waals surface area contributed by atoms with Crippen molar-refractivity contribution in [3.05, 3.63) is 59.7 Å². The molecule has 7 heteroatoms. The Morgan fingerprint density at radius 3 is 2.29 bits per heavy atom. The van der Waals surface area contributed by atoms with E-state index in [0.717, 1.165) is 11.1 Å². The Kier molecular flexibility index (Phi) is 6.88. The molecule has 1 fully saturated rings. The third kappa shape index (κ3) is 5.34. The number of carbonyl (C=O) groups is 3. The van der Waals surface area contributed by atoms with Gasteiger partial charge in [-0.3, -0.25) is 9.59 Å². The van der Waals surface area contributed by atoms with Gasteiger partial charge >= 0.3 is 12.1 Å². The van der Waals surface area contributed by atoms with Gasteiger partial charge in [-0.05, 0) is 62.3 Å². The Labute approximate surface area is 206 Å². The second-order valence-electron chi connectivity index (χ2n) is 10.6. The van der Waals surface area contributed by atoms with E-state index < -0.39 is 23.0 Å². The first-order chi connectivity index (χ1) is 16.6. The van der Waals surface area contributed by atoms with E-state index in [4.69, 9.17) is 4.74 Å². The molecule has 1 heterocycles. The fourth-order valence-corrected chi connectivity index (χ4v) is 5.18. The molecule has 7 nitrogen and oxygen atoms in total. The van der Waals surface area contributed by atoms with Crippen LogP contribution in [0.15, 0.2) is 48.5 Å². The van der Waals surface area contributed by atoms with Gasteiger partial charge in [-0.15, -0.1) is 0 Å². The number of carbonyl (C=O) groups excluding carboxylic acids is 2. The molecule has 35 heavy (non-hydrogen) atoms. The predicted molar refractivity (Wildman–Crippen MR) is 133 cm³/mol. The number of nitrogens with zero attached hydrogens (tertiary/aromatic N) is 1. The van der Waals surface area contributed by atoms with Crippen molar-refractivity contribution in [1.82, 2.24) is 10.2 Å². The van der Waals surface area contributed by atoms with Crippen molar-refractivity contribution in [2.75, 3.05) is 19.7 Å². The normalized spacial score (nSPS) is 19.6. The first kappa shape index (κ1) is 24.8. The highest BCUT2D eigenvalue weighted by atomic mass is 16.5. The zero-order valence-corrected chi connectivity index (χ0v) is 20.7. The minimum absolute atomic E-state index is 0.0134. The minimum Gasteiger partial charge on any atom is -0.481 e. The molecule has 1 aliphatic heterocycles. The molecule has 1 aliphatic carbocycles. The predicted octanol–water partition coefficient (Wildman–Crippen LogP) is 4.80. The summed E-state index contributed by atoms with van der Waals surface area (Å²) in [7, 11) is 0. The van der Waals surface area contributed by atoms with E-state index in [1.54, 1.807) is 11.8 Å². The summed E-state index contributed by atoms with van der Waals surface area (Å²) in [5.41, 5.74) is 3.11. The van der Waals surface area contributed by atoms with Crippen LogP contribution in [0, 0.1) is 5.41 Å². The molecule has 2 aliphatic rings. The van der Waals surface area contributed by atoms with Crippen LogP contribution in [0.1, 0.15) is 63.5 Å². The molecule has 1 unspecified atom stereocenters. The van der Waals surface area contributed by atoms with Crippen LogP contribution in [-0.2, 0) is 14.3 Å². The van der Waals surface area contributed by atoms with Crippen LogP contribution in [0.3, 0.4) is 0 Å². The van der Waals surface area contributed by atoms with Gasteiger partial charge in [-0.2, -0.15) is 0 Å². The fourth-order valence-electron chi connectivity index (χ4n) is 5.18. The molecule has 0 bridgehead atoms. The molecule has 0 radical (unpaired) electrons. The molecule has 2 aromatic carbocycles. The number of alkyl carbamates (subject to hydrolysis) is 1. The van der Waals surface area contributed by atoms with Gasteiger partial charge in [0.1, 0.15) is 6.61 Å². The molecule has 2 amide bonds. The van der Waals surface area contributed by atoms with Crippen molar-refractivity contribution in [1.29, 1.82) is 0 Å². The van der Waals surface area contributed by atoms with Crippen LogP contribution in [0.25, 0.3) is 11.1 Å². The summed E-state index contributed by atoms with van der Waals surface area (Å²) in [4.78, 5) is 38.6. The number of nitrogens with one attached hydrogen (secondary N) is 1. The maximum absolute atomic E-state index is 12.8. The van der Waals surface area contributed by atoms with E-state index >= 15 is 0 Å². The molecule has 2 aromatic rings. The highest BCUT2D eigenvalue weighted by molar-refractivity contribution is 5.80. The van der Waals surface area contributed by atoms with E-state index in [1.807, 2.05) is 38.1 Å². The average Bonchev–Trinajstić information content (AvgIpc) is 3.15. The molecule has 1 atom stereocenters. The lowest BCUT2D eigenvalue weighted by Crippen LogP contribution is -2.49. The minimum atomic E-state index is -0.900. The molecule has 1 saturated heterocycles. The Hall–Kier alpha value is -3.35. The molecule has 0 saturated carbocycles. The monoisotopic (exact) mass is 478 g/mol. The number of hydrogen-bond acceptors (Lipinski definition) is 4. The standard InChI is InChI=1S/C28H34N2O5/c1-27(2,15-13-24(31)30-16-8-14-28(3,18-30)25(32)33)29-26(34)35-17-23-21-11-6-4-9-19(21)20-10-5-7-12-22(20)23/h4-7,9-12,23H,8,13-18H2,1-3H3,(H,29,34)(H,32,33). The zero-order chi connectivity index (χ0) is 25.2. The molecule has 0 spiro atoms. The third-order valence-corrected chi connectivity index (χ3v) is 7.31. The number of amides is 2. The Morgan fingerprint density at radius 2 is 1.69 bits per heavy atom.